The molecule has 0 radical (unpaired) electrons. The van der Waals surface area contributed by atoms with Crippen molar-refractivity contribution in [1.29, 1.82) is 0 Å². The molecular weight excluding hydrogens is 567 g/mol. The summed E-state index contributed by atoms with van der Waals surface area (Å²) in [7, 11) is 0. The van der Waals surface area contributed by atoms with Crippen LogP contribution in [0.1, 0.15) is 0 Å². The number of benzene rings is 9. The molecule has 0 aliphatic carbocycles. The fourth-order valence-electron chi connectivity index (χ4n) is 7.10. The Labute approximate surface area is 274 Å². The van der Waals surface area contributed by atoms with Crippen LogP contribution in [0.5, 0.6) is 0 Å². The lowest BCUT2D eigenvalue weighted by molar-refractivity contribution is 1.29. The van der Waals surface area contributed by atoms with E-state index in [1.54, 1.807) is 0 Å². The van der Waals surface area contributed by atoms with Gasteiger partial charge in [0.05, 0.1) is 0 Å². The van der Waals surface area contributed by atoms with Gasteiger partial charge in [0, 0.05) is 17.1 Å². The van der Waals surface area contributed by atoms with Crippen molar-refractivity contribution in [2.24, 2.45) is 0 Å². The smallest absolute Gasteiger partial charge is 0.0468 e. The number of hydrogen-bond acceptors (Lipinski definition) is 1. The van der Waals surface area contributed by atoms with Gasteiger partial charge < -0.3 is 4.90 Å². The quantitative estimate of drug-likeness (QED) is 0.178. The second-order valence-corrected chi connectivity index (χ2v) is 12.2. The van der Waals surface area contributed by atoms with Crippen LogP contribution in [0, 0.1) is 0 Å². The summed E-state index contributed by atoms with van der Waals surface area (Å²) in [4.78, 5) is 2.40. The molecule has 0 atom stereocenters. The van der Waals surface area contributed by atoms with E-state index in [1.165, 1.54) is 65.3 Å². The van der Waals surface area contributed by atoms with E-state index < -0.39 is 0 Å². The van der Waals surface area contributed by atoms with Gasteiger partial charge in [-0.1, -0.05) is 146 Å². The zero-order chi connectivity index (χ0) is 31.2. The van der Waals surface area contributed by atoms with Crippen molar-refractivity contribution in [3.05, 3.63) is 188 Å². The molecule has 0 saturated carbocycles. The Bertz CT molecular complexity index is 2510. The molecule has 0 fully saturated rings. The van der Waals surface area contributed by atoms with Gasteiger partial charge in [-0.25, -0.2) is 0 Å². The highest BCUT2D eigenvalue weighted by Crippen LogP contribution is 2.42. The van der Waals surface area contributed by atoms with E-state index in [1.807, 2.05) is 0 Å². The molecule has 9 rings (SSSR count). The molecule has 0 unspecified atom stereocenters. The Balaban J connectivity index is 1.25. The molecule has 0 aromatic heterocycles. The molecule has 9 aromatic carbocycles. The molecule has 0 aliphatic rings. The van der Waals surface area contributed by atoms with Crippen molar-refractivity contribution in [3.63, 3.8) is 0 Å². The maximum Gasteiger partial charge on any atom is 0.0468 e. The van der Waals surface area contributed by atoms with Crippen LogP contribution in [0.4, 0.5) is 17.1 Å². The van der Waals surface area contributed by atoms with Gasteiger partial charge in [0.2, 0.25) is 0 Å². The lowest BCUT2D eigenvalue weighted by Gasteiger charge is -2.27. The van der Waals surface area contributed by atoms with Gasteiger partial charge in [-0.2, -0.15) is 0 Å². The SMILES string of the molecule is c1ccc(-c2ccc(N(c3ccc4ccc(-c5ccccc5)cc4c3)c3ccc4c5ccccc5c5ccccc5c4c3)cc2)cc1. The van der Waals surface area contributed by atoms with Crippen LogP contribution in [0.3, 0.4) is 0 Å². The molecule has 220 valence electrons. The maximum absolute atomic E-state index is 2.40. The molecule has 0 N–H and O–H groups in total. The Morgan fingerprint density at radius 1 is 0.234 bits per heavy atom. The minimum absolute atomic E-state index is 1.12. The standard InChI is InChI=1S/C46H31N/c1-3-11-32(12-4-1)34-21-24-38(25-22-34)47(39-26-23-35-19-20-36(29-37(35)30-39)33-13-5-2-6-14-33)40-27-28-45-43-17-8-7-15-41(43)42-16-9-10-18-44(42)46(45)31-40/h1-31H. The normalized spacial score (nSPS) is 11.4. The second-order valence-electron chi connectivity index (χ2n) is 12.2. The van der Waals surface area contributed by atoms with E-state index in [9.17, 15) is 0 Å². The minimum atomic E-state index is 1.12. The first-order chi connectivity index (χ1) is 23.3. The predicted octanol–water partition coefficient (Wildman–Crippen LogP) is 13.1. The third kappa shape index (κ3) is 4.81. The monoisotopic (exact) mass is 597 g/mol. The molecular formula is C46H31N. The fourth-order valence-corrected chi connectivity index (χ4v) is 7.10. The fraction of sp³-hybridized carbons (Fsp3) is 0. The third-order valence-electron chi connectivity index (χ3n) is 9.41. The summed E-state index contributed by atoms with van der Waals surface area (Å²) >= 11 is 0. The Kier molecular flexibility index (Phi) is 6.54. The van der Waals surface area contributed by atoms with Gasteiger partial charge in [-0.3, -0.25) is 0 Å². The van der Waals surface area contributed by atoms with E-state index >= 15 is 0 Å². The summed E-state index contributed by atoms with van der Waals surface area (Å²) in [5.41, 5.74) is 8.24. The van der Waals surface area contributed by atoms with Gasteiger partial charge in [-0.15, -0.1) is 0 Å². The van der Waals surface area contributed by atoms with Crippen LogP contribution in [-0.2, 0) is 0 Å². The average molecular weight is 598 g/mol. The van der Waals surface area contributed by atoms with Crippen molar-refractivity contribution in [2.75, 3.05) is 4.90 Å². The highest BCUT2D eigenvalue weighted by molar-refractivity contribution is 6.25. The Morgan fingerprint density at radius 3 is 1.30 bits per heavy atom. The molecule has 0 bridgehead atoms. The molecule has 0 amide bonds. The van der Waals surface area contributed by atoms with Crippen molar-refractivity contribution in [1.82, 2.24) is 0 Å². The van der Waals surface area contributed by atoms with E-state index in [4.69, 9.17) is 0 Å². The summed E-state index contributed by atoms with van der Waals surface area (Å²) in [5, 5.41) is 10.1. The van der Waals surface area contributed by atoms with E-state index in [-0.39, 0.29) is 0 Å². The summed E-state index contributed by atoms with van der Waals surface area (Å²) in [5.74, 6) is 0. The Hall–Kier alpha value is -6.18. The van der Waals surface area contributed by atoms with E-state index in [2.05, 4.69) is 193 Å². The van der Waals surface area contributed by atoms with Crippen LogP contribution < -0.4 is 4.90 Å². The van der Waals surface area contributed by atoms with Gasteiger partial charge >= 0.3 is 0 Å². The summed E-state index contributed by atoms with van der Waals surface area (Å²) in [6.07, 6.45) is 0. The van der Waals surface area contributed by atoms with Gasteiger partial charge in [0.1, 0.15) is 0 Å². The van der Waals surface area contributed by atoms with Crippen LogP contribution in [0.15, 0.2) is 188 Å². The third-order valence-corrected chi connectivity index (χ3v) is 9.41. The first-order valence-electron chi connectivity index (χ1n) is 16.2. The number of anilines is 3. The van der Waals surface area contributed by atoms with Gasteiger partial charge in [0.15, 0.2) is 0 Å². The minimum Gasteiger partial charge on any atom is -0.310 e. The molecule has 9 aromatic rings. The number of hydrogen-bond donors (Lipinski definition) is 0. The first kappa shape index (κ1) is 27.2. The van der Waals surface area contributed by atoms with Gasteiger partial charge in [-0.05, 0) is 108 Å². The number of fused-ring (bicyclic) bond motifs is 7. The largest absolute Gasteiger partial charge is 0.310 e. The molecule has 0 saturated heterocycles. The zero-order valence-electron chi connectivity index (χ0n) is 25.8. The number of nitrogens with zero attached hydrogens (tertiary/aromatic N) is 1. The molecule has 0 spiro atoms. The molecule has 47 heavy (non-hydrogen) atoms. The maximum atomic E-state index is 2.40. The van der Waals surface area contributed by atoms with Crippen LogP contribution in [0.2, 0.25) is 0 Å². The van der Waals surface area contributed by atoms with Crippen molar-refractivity contribution >= 4 is 60.2 Å². The summed E-state index contributed by atoms with van der Waals surface area (Å²) in [6.45, 7) is 0. The van der Waals surface area contributed by atoms with E-state index in [0.717, 1.165) is 17.1 Å². The summed E-state index contributed by atoms with van der Waals surface area (Å²) < 4.78 is 0. The lowest BCUT2D eigenvalue weighted by Crippen LogP contribution is -2.10. The van der Waals surface area contributed by atoms with Crippen molar-refractivity contribution in [2.45, 2.75) is 0 Å². The van der Waals surface area contributed by atoms with Crippen molar-refractivity contribution in [3.8, 4) is 22.3 Å². The van der Waals surface area contributed by atoms with E-state index in [0.29, 0.717) is 0 Å². The average Bonchev–Trinajstić information content (AvgIpc) is 3.16. The van der Waals surface area contributed by atoms with Crippen LogP contribution >= 0.6 is 0 Å². The molecule has 0 aliphatic heterocycles. The Morgan fingerprint density at radius 2 is 0.660 bits per heavy atom. The molecule has 1 heteroatoms. The van der Waals surface area contributed by atoms with Gasteiger partial charge in [0.25, 0.3) is 0 Å². The van der Waals surface area contributed by atoms with Crippen LogP contribution in [0.25, 0.3) is 65.3 Å². The van der Waals surface area contributed by atoms with Crippen molar-refractivity contribution < 1.29 is 0 Å². The highest BCUT2D eigenvalue weighted by Gasteiger charge is 2.16. The summed E-state index contributed by atoms with van der Waals surface area (Å²) in [6, 6.07) is 68.3. The zero-order valence-corrected chi connectivity index (χ0v) is 25.8. The lowest BCUT2D eigenvalue weighted by atomic mass is 9.94. The number of rotatable bonds is 5. The first-order valence-corrected chi connectivity index (χ1v) is 16.2. The molecule has 1 nitrogen and oxygen atoms in total. The predicted molar refractivity (Wildman–Crippen MR) is 202 cm³/mol. The topological polar surface area (TPSA) is 3.24 Å². The highest BCUT2D eigenvalue weighted by atomic mass is 15.1. The molecule has 0 heterocycles. The van der Waals surface area contributed by atoms with Crippen LogP contribution in [-0.4, -0.2) is 0 Å². The second kappa shape index (κ2) is 11.3.